The zero-order valence-electron chi connectivity index (χ0n) is 28.6. The van der Waals surface area contributed by atoms with E-state index in [-0.39, 0.29) is 18.3 Å². The molecule has 1 aromatic rings. The van der Waals surface area contributed by atoms with Gasteiger partial charge in [-0.05, 0) is 84.0 Å². The van der Waals surface area contributed by atoms with Crippen LogP contribution in [0.2, 0.25) is 0 Å². The van der Waals surface area contributed by atoms with Gasteiger partial charge in [0.25, 0.3) is 0 Å². The Morgan fingerprint density at radius 3 is 2.16 bits per heavy atom. The summed E-state index contributed by atoms with van der Waals surface area (Å²) in [5.74, 6) is -1.63. The highest BCUT2D eigenvalue weighted by Crippen LogP contribution is 2.47. The SMILES string of the molecule is CCCCCCCCCCCCOC[C@@]12O[C@@H](CCCN3CCCCCC3)[C@@H](OCCCc3ccccc3)[C@@H]1OC(C)(C)O2. The average molecular weight is 616 g/mol. The standard InChI is InChI=1S/C38H65NO5/c1-4-5-6-7-8-9-10-11-14-20-30-40-32-38-36(43-37(2,3)44-38)35(41-31-22-25-33-23-16-15-17-24-33)34(42-38)26-21-29-39-27-18-12-13-19-28-39/h15-17,23-24,34-36H,4-14,18-22,25-32H2,1-3H3/t34-,35+,36-,38-/m0/s1. The zero-order chi connectivity index (χ0) is 30.9. The van der Waals surface area contributed by atoms with Gasteiger partial charge in [0.2, 0.25) is 5.79 Å². The molecule has 0 aliphatic carbocycles. The molecule has 252 valence electrons. The maximum atomic E-state index is 6.83. The van der Waals surface area contributed by atoms with Crippen LogP contribution >= 0.6 is 0 Å². The molecule has 0 bridgehead atoms. The van der Waals surface area contributed by atoms with Crippen molar-refractivity contribution in [2.75, 3.05) is 39.5 Å². The monoisotopic (exact) mass is 615 g/mol. The topological polar surface area (TPSA) is 49.4 Å². The molecule has 0 N–H and O–H groups in total. The van der Waals surface area contributed by atoms with Crippen LogP contribution in [0.1, 0.15) is 135 Å². The number of nitrogens with zero attached hydrogens (tertiary/aromatic N) is 1. The lowest BCUT2D eigenvalue weighted by Gasteiger charge is -2.29. The number of rotatable bonds is 22. The number of ether oxygens (including phenoxy) is 5. The molecular weight excluding hydrogens is 550 g/mol. The largest absolute Gasteiger partial charge is 0.376 e. The van der Waals surface area contributed by atoms with Crippen molar-refractivity contribution in [3.63, 3.8) is 0 Å². The molecule has 3 aliphatic rings. The molecule has 0 spiro atoms. The summed E-state index contributed by atoms with van der Waals surface area (Å²) >= 11 is 0. The third kappa shape index (κ3) is 12.0. The molecule has 3 heterocycles. The maximum Gasteiger partial charge on any atom is 0.224 e. The first-order valence-electron chi connectivity index (χ1n) is 18.5. The Morgan fingerprint density at radius 2 is 1.45 bits per heavy atom. The summed E-state index contributed by atoms with van der Waals surface area (Å²) in [6, 6.07) is 10.7. The lowest BCUT2D eigenvalue weighted by Crippen LogP contribution is -2.45. The summed E-state index contributed by atoms with van der Waals surface area (Å²) < 4.78 is 32.9. The van der Waals surface area contributed by atoms with Crippen molar-refractivity contribution in [1.82, 2.24) is 4.90 Å². The summed E-state index contributed by atoms with van der Waals surface area (Å²) in [4.78, 5) is 2.64. The van der Waals surface area contributed by atoms with Crippen LogP contribution in [-0.4, -0.2) is 74.2 Å². The molecule has 3 saturated heterocycles. The van der Waals surface area contributed by atoms with Crippen molar-refractivity contribution in [2.45, 2.75) is 166 Å². The Bertz CT molecular complexity index is 873. The van der Waals surface area contributed by atoms with Crippen LogP contribution in [0.25, 0.3) is 0 Å². The molecule has 3 fully saturated rings. The minimum absolute atomic E-state index is 0.0549. The molecule has 1 aromatic carbocycles. The zero-order valence-corrected chi connectivity index (χ0v) is 28.6. The number of likely N-dealkylation sites (tertiary alicyclic amines) is 1. The van der Waals surface area contributed by atoms with E-state index in [2.05, 4.69) is 42.2 Å². The predicted molar refractivity (Wildman–Crippen MR) is 179 cm³/mol. The highest BCUT2D eigenvalue weighted by atomic mass is 16.9. The number of fused-ring (bicyclic) bond motifs is 1. The Kier molecular flexibility index (Phi) is 16.0. The minimum atomic E-state index is -0.903. The highest BCUT2D eigenvalue weighted by Gasteiger charge is 2.65. The van der Waals surface area contributed by atoms with Gasteiger partial charge in [-0.1, -0.05) is 108 Å². The number of hydrogen-bond acceptors (Lipinski definition) is 6. The second-order valence-corrected chi connectivity index (χ2v) is 14.1. The van der Waals surface area contributed by atoms with Gasteiger partial charge in [0.05, 0.1) is 6.10 Å². The van der Waals surface area contributed by atoms with Gasteiger partial charge in [-0.3, -0.25) is 0 Å². The number of unbranched alkanes of at least 4 members (excludes halogenated alkanes) is 9. The van der Waals surface area contributed by atoms with E-state index in [0.29, 0.717) is 13.2 Å². The summed E-state index contributed by atoms with van der Waals surface area (Å²) in [5, 5.41) is 0. The average Bonchev–Trinajstić information content (AvgIpc) is 3.26. The quantitative estimate of drug-likeness (QED) is 0.122. The van der Waals surface area contributed by atoms with Gasteiger partial charge in [0, 0.05) is 13.2 Å². The van der Waals surface area contributed by atoms with Crippen molar-refractivity contribution in [2.24, 2.45) is 0 Å². The van der Waals surface area contributed by atoms with Gasteiger partial charge in [-0.15, -0.1) is 0 Å². The Balaban J connectivity index is 1.26. The van der Waals surface area contributed by atoms with E-state index in [1.807, 2.05) is 13.8 Å². The predicted octanol–water partition coefficient (Wildman–Crippen LogP) is 8.84. The van der Waals surface area contributed by atoms with Gasteiger partial charge in [0.1, 0.15) is 18.8 Å². The van der Waals surface area contributed by atoms with E-state index < -0.39 is 11.6 Å². The minimum Gasteiger partial charge on any atom is -0.376 e. The molecule has 44 heavy (non-hydrogen) atoms. The molecule has 4 rings (SSSR count). The van der Waals surface area contributed by atoms with Crippen molar-refractivity contribution < 1.29 is 23.7 Å². The maximum absolute atomic E-state index is 6.83. The van der Waals surface area contributed by atoms with Crippen LogP contribution in [-0.2, 0) is 30.1 Å². The third-order valence-corrected chi connectivity index (χ3v) is 9.65. The van der Waals surface area contributed by atoms with Crippen LogP contribution in [0.5, 0.6) is 0 Å². The van der Waals surface area contributed by atoms with E-state index in [1.54, 1.807) is 0 Å². The summed E-state index contributed by atoms with van der Waals surface area (Å²) in [5.41, 5.74) is 1.35. The lowest BCUT2D eigenvalue weighted by molar-refractivity contribution is -0.279. The van der Waals surface area contributed by atoms with E-state index >= 15 is 0 Å². The molecule has 3 aliphatic heterocycles. The van der Waals surface area contributed by atoms with Gasteiger partial charge in [0.15, 0.2) is 5.79 Å². The van der Waals surface area contributed by atoms with E-state index in [1.165, 1.54) is 102 Å². The lowest BCUT2D eigenvalue weighted by atomic mass is 10.0. The Morgan fingerprint density at radius 1 is 0.773 bits per heavy atom. The van der Waals surface area contributed by atoms with Crippen LogP contribution in [0.3, 0.4) is 0 Å². The van der Waals surface area contributed by atoms with Crippen molar-refractivity contribution >= 4 is 0 Å². The summed E-state index contributed by atoms with van der Waals surface area (Å²) in [6.45, 7) is 11.6. The van der Waals surface area contributed by atoms with Gasteiger partial charge in [-0.25, -0.2) is 0 Å². The van der Waals surface area contributed by atoms with Crippen LogP contribution in [0.4, 0.5) is 0 Å². The highest BCUT2D eigenvalue weighted by molar-refractivity contribution is 5.14. The molecule has 0 radical (unpaired) electrons. The van der Waals surface area contributed by atoms with Gasteiger partial charge < -0.3 is 28.6 Å². The molecule has 0 saturated carbocycles. The molecule has 0 unspecified atom stereocenters. The van der Waals surface area contributed by atoms with E-state index in [9.17, 15) is 0 Å². The molecule has 4 atom stereocenters. The fraction of sp³-hybridized carbons (Fsp3) is 0.842. The molecule has 0 amide bonds. The molecule has 6 nitrogen and oxygen atoms in total. The van der Waals surface area contributed by atoms with E-state index in [0.717, 1.165) is 45.3 Å². The van der Waals surface area contributed by atoms with Crippen LogP contribution < -0.4 is 0 Å². The van der Waals surface area contributed by atoms with Crippen molar-refractivity contribution in [3.8, 4) is 0 Å². The molecule has 6 heteroatoms. The van der Waals surface area contributed by atoms with Crippen molar-refractivity contribution in [3.05, 3.63) is 35.9 Å². The normalized spacial score (nSPS) is 27.0. The Labute approximate surface area is 269 Å². The fourth-order valence-corrected chi connectivity index (χ4v) is 7.31. The van der Waals surface area contributed by atoms with Gasteiger partial charge in [-0.2, -0.15) is 0 Å². The summed E-state index contributed by atoms with van der Waals surface area (Å²) in [7, 11) is 0. The number of hydrogen-bond donors (Lipinski definition) is 0. The number of benzene rings is 1. The second kappa shape index (κ2) is 19.6. The van der Waals surface area contributed by atoms with Crippen LogP contribution in [0.15, 0.2) is 30.3 Å². The van der Waals surface area contributed by atoms with E-state index in [4.69, 9.17) is 23.7 Å². The smallest absolute Gasteiger partial charge is 0.224 e. The van der Waals surface area contributed by atoms with Crippen LogP contribution in [0, 0.1) is 0 Å². The van der Waals surface area contributed by atoms with Crippen molar-refractivity contribution in [1.29, 1.82) is 0 Å². The summed E-state index contributed by atoms with van der Waals surface area (Å²) in [6.07, 6.45) is 22.1. The second-order valence-electron chi connectivity index (χ2n) is 14.1. The first-order valence-corrected chi connectivity index (χ1v) is 18.5. The molecular formula is C38H65NO5. The fourth-order valence-electron chi connectivity index (χ4n) is 7.31. The number of aryl methyl sites for hydroxylation is 1. The first kappa shape index (κ1) is 35.8. The van der Waals surface area contributed by atoms with Gasteiger partial charge >= 0.3 is 0 Å². The molecule has 0 aromatic heterocycles. The third-order valence-electron chi connectivity index (χ3n) is 9.65. The Hall–Kier alpha value is -1.02. The first-order chi connectivity index (χ1) is 21.5.